The van der Waals surface area contributed by atoms with Gasteiger partial charge in [0.25, 0.3) is 0 Å². The summed E-state index contributed by atoms with van der Waals surface area (Å²) < 4.78 is 0. The van der Waals surface area contributed by atoms with E-state index in [1.165, 1.54) is 0 Å². The summed E-state index contributed by atoms with van der Waals surface area (Å²) in [5, 5.41) is 12.8. The predicted octanol–water partition coefficient (Wildman–Crippen LogP) is 1.04. The van der Waals surface area contributed by atoms with E-state index < -0.39 is 0 Å². The van der Waals surface area contributed by atoms with Crippen LogP contribution in [0.4, 0.5) is 0 Å². The minimum atomic E-state index is -0.303. The minimum absolute atomic E-state index is 0.303. The second-order valence-corrected chi connectivity index (χ2v) is 4.36. The molecule has 0 bridgehead atoms. The summed E-state index contributed by atoms with van der Waals surface area (Å²) in [6.07, 6.45) is 2.20. The van der Waals surface area contributed by atoms with E-state index in [0.29, 0.717) is 19.0 Å². The zero-order valence-corrected chi connectivity index (χ0v) is 8.84. The molecule has 74 valence electrons. The topological polar surface area (TPSA) is 45.1 Å². The van der Waals surface area contributed by atoms with Crippen LogP contribution < -0.4 is 5.32 Å². The van der Waals surface area contributed by atoms with Crippen LogP contribution in [0.2, 0.25) is 0 Å². The molecule has 0 spiro atoms. The molecular weight excluding hydrogens is 184 g/mol. The number of aromatic nitrogens is 1. The van der Waals surface area contributed by atoms with Crippen molar-refractivity contribution in [3.05, 3.63) is 16.6 Å². The highest BCUT2D eigenvalue weighted by molar-refractivity contribution is 7.09. The van der Waals surface area contributed by atoms with Crippen molar-refractivity contribution in [2.75, 3.05) is 6.54 Å². The van der Waals surface area contributed by atoms with Gasteiger partial charge < -0.3 is 10.4 Å². The molecular formula is C9H16N2OS. The Labute approximate surface area is 82.8 Å². The Balaban J connectivity index is 2.22. The first kappa shape index (κ1) is 10.6. The van der Waals surface area contributed by atoms with Gasteiger partial charge in [-0.15, -0.1) is 11.3 Å². The van der Waals surface area contributed by atoms with E-state index in [-0.39, 0.29) is 6.10 Å². The van der Waals surface area contributed by atoms with Crippen LogP contribution in [0.15, 0.2) is 11.7 Å². The van der Waals surface area contributed by atoms with E-state index in [2.05, 4.69) is 24.1 Å². The average Bonchev–Trinajstić information content (AvgIpc) is 2.53. The largest absolute Gasteiger partial charge is 0.391 e. The van der Waals surface area contributed by atoms with Gasteiger partial charge in [0.2, 0.25) is 0 Å². The number of hydrogen-bond acceptors (Lipinski definition) is 4. The third-order valence-corrected chi connectivity index (χ3v) is 2.48. The molecule has 0 saturated carbocycles. The fourth-order valence-corrected chi connectivity index (χ4v) is 1.69. The molecule has 0 aliphatic heterocycles. The fraction of sp³-hybridized carbons (Fsp3) is 0.667. The van der Waals surface area contributed by atoms with Crippen LogP contribution in [0.3, 0.4) is 0 Å². The monoisotopic (exact) mass is 200 g/mol. The van der Waals surface area contributed by atoms with Crippen LogP contribution in [-0.2, 0) is 6.42 Å². The second kappa shape index (κ2) is 5.32. The molecule has 1 rings (SSSR count). The van der Waals surface area contributed by atoms with Gasteiger partial charge in [0, 0.05) is 30.1 Å². The summed E-state index contributed by atoms with van der Waals surface area (Å²) in [5.74, 6) is 0. The first-order chi connectivity index (χ1) is 6.18. The van der Waals surface area contributed by atoms with Gasteiger partial charge in [-0.25, -0.2) is 0 Å². The molecule has 1 unspecified atom stereocenters. The Hall–Kier alpha value is -0.450. The van der Waals surface area contributed by atoms with Crippen LogP contribution in [0.25, 0.3) is 0 Å². The van der Waals surface area contributed by atoms with Gasteiger partial charge in [-0.05, 0) is 0 Å². The number of nitrogens with one attached hydrogen (secondary N) is 1. The molecule has 0 aliphatic carbocycles. The summed E-state index contributed by atoms with van der Waals surface area (Å²) >= 11 is 1.59. The number of aliphatic hydroxyl groups is 1. The molecule has 1 aromatic rings. The Kier molecular flexibility index (Phi) is 4.35. The van der Waals surface area contributed by atoms with E-state index in [4.69, 9.17) is 0 Å². The van der Waals surface area contributed by atoms with Crippen LogP contribution in [-0.4, -0.2) is 28.8 Å². The van der Waals surface area contributed by atoms with Crippen molar-refractivity contribution >= 4 is 11.3 Å². The van der Waals surface area contributed by atoms with Crippen molar-refractivity contribution in [1.29, 1.82) is 0 Å². The summed E-state index contributed by atoms with van der Waals surface area (Å²) in [7, 11) is 0. The normalized spacial score (nSPS) is 13.5. The van der Waals surface area contributed by atoms with Crippen molar-refractivity contribution in [3.63, 3.8) is 0 Å². The lowest BCUT2D eigenvalue weighted by Gasteiger charge is -2.12. The number of aliphatic hydroxyl groups excluding tert-OH is 1. The Morgan fingerprint density at radius 1 is 1.62 bits per heavy atom. The third kappa shape index (κ3) is 4.36. The minimum Gasteiger partial charge on any atom is -0.391 e. The highest BCUT2D eigenvalue weighted by atomic mass is 32.1. The summed E-state index contributed by atoms with van der Waals surface area (Å²) in [4.78, 5) is 5.09. The van der Waals surface area contributed by atoms with Gasteiger partial charge in [0.05, 0.1) is 11.6 Å². The maximum Gasteiger partial charge on any atom is 0.0794 e. The van der Waals surface area contributed by atoms with Gasteiger partial charge in [-0.1, -0.05) is 13.8 Å². The first-order valence-electron chi connectivity index (χ1n) is 4.47. The van der Waals surface area contributed by atoms with Crippen LogP contribution in [0, 0.1) is 0 Å². The van der Waals surface area contributed by atoms with Gasteiger partial charge in [-0.3, -0.25) is 4.98 Å². The molecule has 0 fully saturated rings. The molecule has 0 amide bonds. The molecule has 1 atom stereocenters. The lowest BCUT2D eigenvalue weighted by molar-refractivity contribution is 0.170. The predicted molar refractivity (Wildman–Crippen MR) is 55.0 cm³/mol. The maximum absolute atomic E-state index is 9.59. The molecule has 13 heavy (non-hydrogen) atoms. The molecule has 1 heterocycles. The number of rotatable bonds is 5. The molecule has 0 aliphatic rings. The SMILES string of the molecule is CC(C)NCC(O)Cc1cncs1. The zero-order chi connectivity index (χ0) is 9.68. The van der Waals surface area contributed by atoms with E-state index in [9.17, 15) is 5.11 Å². The van der Waals surface area contributed by atoms with Crippen molar-refractivity contribution < 1.29 is 5.11 Å². The van der Waals surface area contributed by atoms with E-state index in [1.807, 2.05) is 6.20 Å². The Bertz CT molecular complexity index is 224. The van der Waals surface area contributed by atoms with Crippen molar-refractivity contribution in [3.8, 4) is 0 Å². The lowest BCUT2D eigenvalue weighted by Crippen LogP contribution is -2.32. The second-order valence-electron chi connectivity index (χ2n) is 3.39. The Morgan fingerprint density at radius 2 is 2.38 bits per heavy atom. The quantitative estimate of drug-likeness (QED) is 0.746. The van der Waals surface area contributed by atoms with Gasteiger partial charge in [0.1, 0.15) is 0 Å². The molecule has 0 aromatic carbocycles. The summed E-state index contributed by atoms with van der Waals surface area (Å²) in [5.41, 5.74) is 1.79. The van der Waals surface area contributed by atoms with Crippen LogP contribution in [0.1, 0.15) is 18.7 Å². The average molecular weight is 200 g/mol. The molecule has 0 saturated heterocycles. The smallest absolute Gasteiger partial charge is 0.0794 e. The van der Waals surface area contributed by atoms with E-state index in [1.54, 1.807) is 16.8 Å². The van der Waals surface area contributed by atoms with Gasteiger partial charge >= 0.3 is 0 Å². The molecule has 3 nitrogen and oxygen atoms in total. The van der Waals surface area contributed by atoms with E-state index in [0.717, 1.165) is 4.88 Å². The first-order valence-corrected chi connectivity index (χ1v) is 5.35. The highest BCUT2D eigenvalue weighted by Gasteiger charge is 2.06. The van der Waals surface area contributed by atoms with Crippen molar-refractivity contribution in [1.82, 2.24) is 10.3 Å². The zero-order valence-electron chi connectivity index (χ0n) is 8.03. The molecule has 1 aromatic heterocycles. The lowest BCUT2D eigenvalue weighted by atomic mass is 10.2. The summed E-state index contributed by atoms with van der Waals surface area (Å²) in [6.45, 7) is 4.79. The number of nitrogens with zero attached hydrogens (tertiary/aromatic N) is 1. The molecule has 0 radical (unpaired) electrons. The number of hydrogen-bond donors (Lipinski definition) is 2. The van der Waals surface area contributed by atoms with E-state index >= 15 is 0 Å². The molecule has 2 N–H and O–H groups in total. The van der Waals surface area contributed by atoms with Crippen molar-refractivity contribution in [2.45, 2.75) is 32.4 Å². The fourth-order valence-electron chi connectivity index (χ4n) is 1.02. The maximum atomic E-state index is 9.59. The highest BCUT2D eigenvalue weighted by Crippen LogP contribution is 2.08. The van der Waals surface area contributed by atoms with Gasteiger partial charge in [0.15, 0.2) is 0 Å². The standard InChI is InChI=1S/C9H16N2OS/c1-7(2)11-4-8(12)3-9-5-10-6-13-9/h5-8,11-12H,3-4H2,1-2H3. The number of thiazole rings is 1. The van der Waals surface area contributed by atoms with Crippen molar-refractivity contribution in [2.24, 2.45) is 0 Å². The molecule has 4 heteroatoms. The third-order valence-electron chi connectivity index (χ3n) is 1.68. The van der Waals surface area contributed by atoms with Crippen LogP contribution >= 0.6 is 11.3 Å². The van der Waals surface area contributed by atoms with Crippen LogP contribution in [0.5, 0.6) is 0 Å². The summed E-state index contributed by atoms with van der Waals surface area (Å²) in [6, 6.07) is 0.427. The Morgan fingerprint density at radius 3 is 2.92 bits per heavy atom. The van der Waals surface area contributed by atoms with Gasteiger partial charge in [-0.2, -0.15) is 0 Å².